The van der Waals surface area contributed by atoms with Crippen molar-refractivity contribution in [3.8, 4) is 22.3 Å². The third-order valence-corrected chi connectivity index (χ3v) is 7.09. The highest BCUT2D eigenvalue weighted by atomic mass is 32.1. The molecule has 188 valence electrons. The van der Waals surface area contributed by atoms with Gasteiger partial charge in [0.05, 0.1) is 19.8 Å². The molecule has 0 atom stereocenters. The van der Waals surface area contributed by atoms with E-state index in [-0.39, 0.29) is 16.2 Å². The van der Waals surface area contributed by atoms with Crippen molar-refractivity contribution in [3.63, 3.8) is 0 Å². The Morgan fingerprint density at radius 3 is 2.14 bits per heavy atom. The number of thiophene rings is 1. The van der Waals surface area contributed by atoms with E-state index in [1.54, 1.807) is 30.3 Å². The first-order valence-corrected chi connectivity index (χ1v) is 11.5. The zero-order valence-corrected chi connectivity index (χ0v) is 20.1. The van der Waals surface area contributed by atoms with E-state index in [2.05, 4.69) is 4.85 Å². The fraction of sp³-hybridized carbons (Fsp3) is 0.185. The molecule has 1 aliphatic carbocycles. The van der Waals surface area contributed by atoms with Crippen LogP contribution in [0.25, 0.3) is 26.4 Å². The Morgan fingerprint density at radius 2 is 1.59 bits per heavy atom. The minimum absolute atomic E-state index is 0.0925. The maximum Gasteiger partial charge on any atom is 0.380 e. The molecule has 3 nitrogen and oxygen atoms in total. The van der Waals surface area contributed by atoms with E-state index in [0.717, 1.165) is 29.5 Å². The SMILES string of the molecule is [C-]#[N+]C(C#N)=C(C1=C(c2cc(-c3ccccc3)sc2C)C(F)(F)C(F)(F)C1(F)F)c1ccc(OC)cc1. The minimum Gasteiger partial charge on any atom is -0.497 e. The smallest absolute Gasteiger partial charge is 0.380 e. The lowest BCUT2D eigenvalue weighted by Crippen LogP contribution is -2.49. The van der Waals surface area contributed by atoms with E-state index < -0.39 is 45.7 Å². The quantitative estimate of drug-likeness (QED) is 0.189. The molecule has 0 radical (unpaired) electrons. The summed E-state index contributed by atoms with van der Waals surface area (Å²) in [4.78, 5) is 3.41. The number of halogens is 6. The molecule has 2 aromatic carbocycles. The van der Waals surface area contributed by atoms with Crippen molar-refractivity contribution in [2.75, 3.05) is 7.11 Å². The largest absolute Gasteiger partial charge is 0.497 e. The third-order valence-electron chi connectivity index (χ3n) is 6.00. The van der Waals surface area contributed by atoms with Gasteiger partial charge in [0, 0.05) is 26.5 Å². The lowest BCUT2D eigenvalue weighted by atomic mass is 9.89. The highest BCUT2D eigenvalue weighted by molar-refractivity contribution is 7.15. The Hall–Kier alpha value is -4.02. The maximum atomic E-state index is 15.4. The molecule has 1 aromatic heterocycles. The average Bonchev–Trinajstić information content (AvgIpc) is 3.30. The molecule has 0 saturated heterocycles. The molecule has 0 unspecified atom stereocenters. The number of rotatable bonds is 5. The fourth-order valence-corrected chi connectivity index (χ4v) is 5.21. The second kappa shape index (κ2) is 9.13. The van der Waals surface area contributed by atoms with Gasteiger partial charge < -0.3 is 4.74 Å². The van der Waals surface area contributed by atoms with Crippen molar-refractivity contribution < 1.29 is 31.1 Å². The molecular formula is C27H16F6N2OS. The van der Waals surface area contributed by atoms with Crippen LogP contribution in [0.4, 0.5) is 26.3 Å². The Morgan fingerprint density at radius 1 is 0.973 bits per heavy atom. The molecule has 0 spiro atoms. The molecular weight excluding hydrogens is 514 g/mol. The molecule has 0 saturated carbocycles. The first-order valence-electron chi connectivity index (χ1n) is 10.6. The molecule has 1 heterocycles. The van der Waals surface area contributed by atoms with Crippen molar-refractivity contribution in [3.05, 3.63) is 99.4 Å². The molecule has 10 heteroatoms. The van der Waals surface area contributed by atoms with Crippen LogP contribution in [0.2, 0.25) is 0 Å². The van der Waals surface area contributed by atoms with Gasteiger partial charge in [0.25, 0.3) is 5.70 Å². The van der Waals surface area contributed by atoms with Crippen LogP contribution >= 0.6 is 11.3 Å². The fourth-order valence-electron chi connectivity index (χ4n) is 4.18. The summed E-state index contributed by atoms with van der Waals surface area (Å²) in [5, 5.41) is 9.53. The lowest BCUT2D eigenvalue weighted by Gasteiger charge is -2.26. The average molecular weight is 530 g/mol. The Labute approximate surface area is 212 Å². The molecule has 0 N–H and O–H groups in total. The molecule has 0 amide bonds. The predicted octanol–water partition coefficient (Wildman–Crippen LogP) is 8.26. The summed E-state index contributed by atoms with van der Waals surface area (Å²) in [6.07, 6.45) is 0. The number of hydrogen-bond acceptors (Lipinski definition) is 3. The number of nitriles is 1. The van der Waals surface area contributed by atoms with Gasteiger partial charge in [-0.2, -0.15) is 26.3 Å². The van der Waals surface area contributed by atoms with Gasteiger partial charge in [0.15, 0.2) is 0 Å². The Kier molecular flexibility index (Phi) is 6.43. The van der Waals surface area contributed by atoms with E-state index in [0.29, 0.717) is 10.4 Å². The second-order valence-corrected chi connectivity index (χ2v) is 9.35. The van der Waals surface area contributed by atoms with Crippen molar-refractivity contribution in [1.29, 1.82) is 5.26 Å². The van der Waals surface area contributed by atoms with E-state index in [1.165, 1.54) is 32.2 Å². The lowest BCUT2D eigenvalue weighted by molar-refractivity contribution is -0.258. The van der Waals surface area contributed by atoms with Crippen LogP contribution in [0.3, 0.4) is 0 Å². The molecule has 3 aromatic rings. The summed E-state index contributed by atoms with van der Waals surface area (Å²) >= 11 is 0.974. The standard InChI is InChI=1S/C27H16F6N2OS/c1-15-19(13-21(37-15)16-7-5-4-6-8-16)23-24(26(30,31)27(32,33)25(23,28)29)22(20(14-34)35-2)17-9-11-18(36-3)12-10-17/h4-13H,1,3H3. The van der Waals surface area contributed by atoms with Crippen LogP contribution in [-0.2, 0) is 0 Å². The number of aryl methyl sites for hydroxylation is 1. The van der Waals surface area contributed by atoms with Crippen molar-refractivity contribution in [2.45, 2.75) is 24.7 Å². The highest BCUT2D eigenvalue weighted by Gasteiger charge is 2.80. The predicted molar refractivity (Wildman–Crippen MR) is 128 cm³/mol. The van der Waals surface area contributed by atoms with Crippen LogP contribution in [0, 0.1) is 24.8 Å². The first kappa shape index (κ1) is 26.1. The second-order valence-electron chi connectivity index (χ2n) is 8.10. The van der Waals surface area contributed by atoms with Gasteiger partial charge in [-0.25, -0.2) is 10.1 Å². The molecule has 4 rings (SSSR count). The number of benzene rings is 2. The monoisotopic (exact) mass is 530 g/mol. The summed E-state index contributed by atoms with van der Waals surface area (Å²) in [5.74, 6) is -16.3. The van der Waals surface area contributed by atoms with Gasteiger partial charge in [0.1, 0.15) is 5.75 Å². The highest BCUT2D eigenvalue weighted by Crippen LogP contribution is 2.65. The topological polar surface area (TPSA) is 37.4 Å². The van der Waals surface area contributed by atoms with Crippen molar-refractivity contribution in [2.24, 2.45) is 0 Å². The first-order chi connectivity index (χ1) is 17.4. The van der Waals surface area contributed by atoms with E-state index in [9.17, 15) is 14.0 Å². The van der Waals surface area contributed by atoms with Crippen LogP contribution in [0.5, 0.6) is 5.75 Å². The van der Waals surface area contributed by atoms with E-state index in [1.807, 2.05) is 0 Å². The van der Waals surface area contributed by atoms with Gasteiger partial charge >= 0.3 is 17.8 Å². The zero-order chi connectivity index (χ0) is 27.2. The minimum atomic E-state index is -5.83. The van der Waals surface area contributed by atoms with E-state index >= 15 is 17.6 Å². The number of alkyl halides is 6. The number of nitrogens with zero attached hydrogens (tertiary/aromatic N) is 2. The van der Waals surface area contributed by atoms with Crippen LogP contribution in [-0.4, -0.2) is 24.9 Å². The number of allylic oxidation sites excluding steroid dienone is 4. The molecule has 0 bridgehead atoms. The van der Waals surface area contributed by atoms with Gasteiger partial charge in [0.2, 0.25) is 0 Å². The zero-order valence-electron chi connectivity index (χ0n) is 19.3. The summed E-state index contributed by atoms with van der Waals surface area (Å²) in [6.45, 7) is 8.68. The van der Waals surface area contributed by atoms with Gasteiger partial charge in [-0.3, -0.25) is 0 Å². The molecule has 1 aliphatic rings. The van der Waals surface area contributed by atoms with Crippen molar-refractivity contribution >= 4 is 22.5 Å². The summed E-state index contributed by atoms with van der Waals surface area (Å²) in [7, 11) is 1.32. The Bertz CT molecular complexity index is 1490. The molecule has 0 aliphatic heterocycles. The Balaban J connectivity index is 2.13. The van der Waals surface area contributed by atoms with Crippen molar-refractivity contribution in [1.82, 2.24) is 0 Å². The summed E-state index contributed by atoms with van der Waals surface area (Å²) < 4.78 is 96.4. The van der Waals surface area contributed by atoms with Gasteiger partial charge in [-0.05, 0) is 41.8 Å². The third kappa shape index (κ3) is 3.89. The van der Waals surface area contributed by atoms with Gasteiger partial charge in [-0.1, -0.05) is 42.5 Å². The maximum absolute atomic E-state index is 15.4. The normalized spacial score (nSPS) is 18.1. The number of methoxy groups -OCH3 is 1. The molecule has 0 fully saturated rings. The van der Waals surface area contributed by atoms with Crippen LogP contribution < -0.4 is 4.74 Å². The van der Waals surface area contributed by atoms with Crippen LogP contribution in [0.1, 0.15) is 16.0 Å². The van der Waals surface area contributed by atoms with Gasteiger partial charge in [-0.15, -0.1) is 11.3 Å². The molecule has 37 heavy (non-hydrogen) atoms. The number of hydrogen-bond donors (Lipinski definition) is 0. The summed E-state index contributed by atoms with van der Waals surface area (Å²) in [5.41, 5.74) is -5.58. The number of ether oxygens (including phenoxy) is 1. The van der Waals surface area contributed by atoms with E-state index in [4.69, 9.17) is 11.3 Å². The van der Waals surface area contributed by atoms with Crippen LogP contribution in [0.15, 0.2) is 71.9 Å². The summed E-state index contributed by atoms with van der Waals surface area (Å²) in [6, 6.07) is 15.8.